The zero-order valence-corrected chi connectivity index (χ0v) is 24.8. The van der Waals surface area contributed by atoms with Crippen molar-refractivity contribution in [2.24, 2.45) is 0 Å². The fourth-order valence-electron chi connectivity index (χ4n) is 5.25. The molecule has 1 aromatic carbocycles. The maximum atomic E-state index is 13.6. The molecule has 224 valence electrons. The summed E-state index contributed by atoms with van der Waals surface area (Å²) in [5.74, 6) is 0.141. The van der Waals surface area contributed by atoms with E-state index in [9.17, 15) is 14.0 Å². The van der Waals surface area contributed by atoms with Crippen LogP contribution in [0, 0.1) is 0 Å². The maximum Gasteiger partial charge on any atom is 0.258 e. The Hall–Kier alpha value is -4.50. The predicted octanol–water partition coefficient (Wildman–Crippen LogP) is 5.41. The summed E-state index contributed by atoms with van der Waals surface area (Å²) in [6.07, 6.45) is 13.0. The van der Waals surface area contributed by atoms with E-state index < -0.39 is 6.17 Å². The zero-order chi connectivity index (χ0) is 30.3. The van der Waals surface area contributed by atoms with Crippen molar-refractivity contribution in [3.8, 4) is 0 Å². The van der Waals surface area contributed by atoms with Crippen molar-refractivity contribution in [2.45, 2.75) is 45.3 Å². The molecular formula is C34H39FN6O2. The number of amides is 1. The first kappa shape index (κ1) is 30.0. The molecule has 2 aliphatic rings. The third kappa shape index (κ3) is 8.08. The van der Waals surface area contributed by atoms with E-state index in [0.29, 0.717) is 60.9 Å². The van der Waals surface area contributed by atoms with Gasteiger partial charge in [-0.05, 0) is 53.2 Å². The molecule has 1 fully saturated rings. The first-order chi connectivity index (χ1) is 20.7. The fourth-order valence-corrected chi connectivity index (χ4v) is 5.25. The number of benzene rings is 1. The van der Waals surface area contributed by atoms with Gasteiger partial charge in [-0.2, -0.15) is 5.10 Å². The number of allylic oxidation sites excluding steroid dienone is 3. The molecule has 4 heterocycles. The zero-order valence-electron chi connectivity index (χ0n) is 24.8. The summed E-state index contributed by atoms with van der Waals surface area (Å²) in [5, 5.41) is 10.5. The lowest BCUT2D eigenvalue weighted by Gasteiger charge is -2.28. The molecule has 0 aliphatic carbocycles. The molecule has 9 heteroatoms. The molecule has 0 unspecified atom stereocenters. The minimum atomic E-state index is -0.708. The van der Waals surface area contributed by atoms with E-state index in [1.807, 2.05) is 24.3 Å². The minimum Gasteiger partial charge on any atom is -0.381 e. The van der Waals surface area contributed by atoms with Gasteiger partial charge in [-0.1, -0.05) is 62.9 Å². The van der Waals surface area contributed by atoms with Gasteiger partial charge < -0.3 is 15.6 Å². The van der Waals surface area contributed by atoms with Crippen LogP contribution >= 0.6 is 0 Å². The largest absolute Gasteiger partial charge is 0.381 e. The van der Waals surface area contributed by atoms with Gasteiger partial charge in [0, 0.05) is 44.3 Å². The highest BCUT2D eigenvalue weighted by molar-refractivity contribution is 6.04. The summed E-state index contributed by atoms with van der Waals surface area (Å²) in [6, 6.07) is 10.0. The average Bonchev–Trinajstić information content (AvgIpc) is 3.48. The van der Waals surface area contributed by atoms with Gasteiger partial charge in [-0.3, -0.25) is 19.2 Å². The fraction of sp³-hybridized carbons (Fsp3) is 0.324. The van der Waals surface area contributed by atoms with Crippen LogP contribution in [0.5, 0.6) is 0 Å². The van der Waals surface area contributed by atoms with Crippen LogP contribution in [0.1, 0.15) is 59.7 Å². The van der Waals surface area contributed by atoms with E-state index in [2.05, 4.69) is 70.3 Å². The Morgan fingerprint density at radius 3 is 2.67 bits per heavy atom. The number of H-pyrrole nitrogens is 1. The highest BCUT2D eigenvalue weighted by Gasteiger charge is 2.19. The molecule has 0 saturated carbocycles. The lowest BCUT2D eigenvalue weighted by molar-refractivity contribution is 0.102. The molecule has 0 bridgehead atoms. The second-order valence-electron chi connectivity index (χ2n) is 11.5. The van der Waals surface area contributed by atoms with Crippen molar-refractivity contribution in [1.29, 1.82) is 0 Å². The molecule has 5 rings (SSSR count). The molecule has 0 atom stereocenters. The van der Waals surface area contributed by atoms with Gasteiger partial charge in [0.25, 0.3) is 11.5 Å². The van der Waals surface area contributed by atoms with Gasteiger partial charge >= 0.3 is 0 Å². The number of hydrogen-bond donors (Lipinski definition) is 3. The van der Waals surface area contributed by atoms with Gasteiger partial charge in [0.15, 0.2) is 0 Å². The number of piperidine rings is 1. The molecule has 3 N–H and O–H groups in total. The van der Waals surface area contributed by atoms with E-state index >= 15 is 0 Å². The Bertz CT molecular complexity index is 1600. The van der Waals surface area contributed by atoms with Crippen LogP contribution in [0.25, 0.3) is 5.70 Å². The number of rotatable bonds is 8. The summed E-state index contributed by atoms with van der Waals surface area (Å²) in [7, 11) is 0. The predicted molar refractivity (Wildman–Crippen MR) is 170 cm³/mol. The van der Waals surface area contributed by atoms with Crippen LogP contribution in [0.3, 0.4) is 0 Å². The van der Waals surface area contributed by atoms with Gasteiger partial charge in [0.05, 0.1) is 29.6 Å². The molecule has 43 heavy (non-hydrogen) atoms. The van der Waals surface area contributed by atoms with Crippen molar-refractivity contribution >= 4 is 17.3 Å². The molecule has 8 nitrogen and oxygen atoms in total. The first-order valence-corrected chi connectivity index (χ1v) is 14.8. The Balaban J connectivity index is 1.26. The maximum absolute atomic E-state index is 13.6. The molecule has 0 spiro atoms. The van der Waals surface area contributed by atoms with Crippen LogP contribution < -0.4 is 16.2 Å². The smallest absolute Gasteiger partial charge is 0.258 e. The van der Waals surface area contributed by atoms with E-state index in [4.69, 9.17) is 0 Å². The van der Waals surface area contributed by atoms with E-state index in [1.165, 1.54) is 18.0 Å². The quantitative estimate of drug-likeness (QED) is 0.330. The van der Waals surface area contributed by atoms with Gasteiger partial charge in [-0.25, -0.2) is 4.39 Å². The summed E-state index contributed by atoms with van der Waals surface area (Å²) in [6.45, 7) is 11.7. The Labute approximate surface area is 251 Å². The SMILES string of the molecule is C=C1/C=C(/c2cc(NC(=O)c3cnn(Cc4ccc(C(C)C)cc4)c3)c[nH]c2=O)NC/C=C\C(CN2CCC(F)CC2)=C/1. The molecule has 2 aliphatic heterocycles. The number of aromatic amines is 1. The number of likely N-dealkylation sites (tertiary alicyclic amines) is 1. The summed E-state index contributed by atoms with van der Waals surface area (Å²) in [4.78, 5) is 30.9. The topological polar surface area (TPSA) is 95.0 Å². The third-order valence-corrected chi connectivity index (χ3v) is 7.70. The molecule has 2 aromatic heterocycles. The van der Waals surface area contributed by atoms with Crippen molar-refractivity contribution in [1.82, 2.24) is 25.0 Å². The first-order valence-electron chi connectivity index (χ1n) is 14.8. The van der Waals surface area contributed by atoms with Crippen molar-refractivity contribution in [3.63, 3.8) is 0 Å². The Kier molecular flexibility index (Phi) is 9.51. The number of carbonyl (C=O) groups excluding carboxylic acids is 1. The van der Waals surface area contributed by atoms with Crippen molar-refractivity contribution in [2.75, 3.05) is 31.5 Å². The lowest BCUT2D eigenvalue weighted by Crippen LogP contribution is -2.35. The Morgan fingerprint density at radius 1 is 1.16 bits per heavy atom. The van der Waals surface area contributed by atoms with Gasteiger partial charge in [0.2, 0.25) is 0 Å². The summed E-state index contributed by atoms with van der Waals surface area (Å²) >= 11 is 0. The standard InChI is InChI=1S/C34H39FN6O2/c1-23(2)27-8-6-25(7-9-27)21-41-22-28(18-38-41)33(42)39-30-17-31(34(43)37-19-30)32-16-24(3)15-26(5-4-12-36-32)20-40-13-10-29(35)11-14-40/h4-9,15-19,22-23,29,36H,3,10-14,20-21H2,1-2H3,(H,37,43)(H,39,42)/b5-4-,26-15+,32-16-. The van der Waals surface area contributed by atoms with E-state index in [-0.39, 0.29) is 11.5 Å². The summed E-state index contributed by atoms with van der Waals surface area (Å²) < 4.78 is 15.3. The van der Waals surface area contributed by atoms with Gasteiger partial charge in [0.1, 0.15) is 6.17 Å². The number of alkyl halides is 1. The van der Waals surface area contributed by atoms with Gasteiger partial charge in [-0.15, -0.1) is 0 Å². The highest BCUT2D eigenvalue weighted by Crippen LogP contribution is 2.20. The highest BCUT2D eigenvalue weighted by atomic mass is 19.1. The number of nitrogens with one attached hydrogen (secondary N) is 3. The average molecular weight is 583 g/mol. The monoisotopic (exact) mass is 582 g/mol. The van der Waals surface area contributed by atoms with Crippen molar-refractivity contribution < 1.29 is 9.18 Å². The van der Waals surface area contributed by atoms with Crippen LogP contribution in [-0.4, -0.2) is 57.9 Å². The number of aromatic nitrogens is 3. The minimum absolute atomic E-state index is 0.289. The van der Waals surface area contributed by atoms with E-state index in [0.717, 1.165) is 29.8 Å². The lowest BCUT2D eigenvalue weighted by atomic mass is 10.0. The molecule has 1 amide bonds. The number of pyridine rings is 1. The second-order valence-corrected chi connectivity index (χ2v) is 11.5. The van der Waals surface area contributed by atoms with Crippen LogP contribution in [0.4, 0.5) is 10.1 Å². The molecule has 0 radical (unpaired) electrons. The van der Waals surface area contributed by atoms with Crippen LogP contribution in [-0.2, 0) is 6.54 Å². The normalized spacial score (nSPS) is 19.8. The second kappa shape index (κ2) is 13.6. The number of hydrogen-bond acceptors (Lipinski definition) is 5. The molecular weight excluding hydrogens is 543 g/mol. The molecule has 1 saturated heterocycles. The number of carbonyl (C=O) groups is 1. The number of nitrogens with zero attached hydrogens (tertiary/aromatic N) is 3. The third-order valence-electron chi connectivity index (χ3n) is 7.70. The molecule has 3 aromatic rings. The van der Waals surface area contributed by atoms with Crippen LogP contribution in [0.2, 0.25) is 0 Å². The number of halogens is 1. The van der Waals surface area contributed by atoms with Crippen molar-refractivity contribution in [3.05, 3.63) is 124 Å². The summed E-state index contributed by atoms with van der Waals surface area (Å²) in [5.41, 5.74) is 5.73. The van der Waals surface area contributed by atoms with E-state index in [1.54, 1.807) is 16.9 Å². The van der Waals surface area contributed by atoms with Crippen LogP contribution in [0.15, 0.2) is 95.7 Å². The number of anilines is 1. The Morgan fingerprint density at radius 2 is 1.93 bits per heavy atom.